The topological polar surface area (TPSA) is 75.0 Å². The number of carbonyl (C=O) groups is 1. The standard InChI is InChI=1S/C10H16N4O/c1-3-4-5-6-14(2)10(15)8-7-12-13-9(8)11/h3,7H,1,4-6H2,2H3,(H3,11,12,13). The quantitative estimate of drug-likeness (QED) is 0.560. The van der Waals surface area contributed by atoms with E-state index in [4.69, 9.17) is 5.73 Å². The number of nitrogens with zero attached hydrogens (tertiary/aromatic N) is 2. The van der Waals surface area contributed by atoms with Crippen LogP contribution in [0.1, 0.15) is 23.2 Å². The van der Waals surface area contributed by atoms with Crippen LogP contribution in [0.3, 0.4) is 0 Å². The summed E-state index contributed by atoms with van der Waals surface area (Å²) in [6.07, 6.45) is 5.09. The summed E-state index contributed by atoms with van der Waals surface area (Å²) in [5, 5.41) is 6.24. The predicted molar refractivity (Wildman–Crippen MR) is 59.4 cm³/mol. The zero-order valence-corrected chi connectivity index (χ0v) is 8.86. The van der Waals surface area contributed by atoms with Crippen LogP contribution in [0.5, 0.6) is 0 Å². The lowest BCUT2D eigenvalue weighted by Gasteiger charge is -2.15. The highest BCUT2D eigenvalue weighted by Crippen LogP contribution is 2.09. The molecule has 0 fully saturated rings. The van der Waals surface area contributed by atoms with Crippen molar-refractivity contribution in [2.45, 2.75) is 12.8 Å². The molecule has 1 amide bonds. The molecule has 0 aliphatic rings. The van der Waals surface area contributed by atoms with Crippen molar-refractivity contribution in [3.63, 3.8) is 0 Å². The van der Waals surface area contributed by atoms with Gasteiger partial charge in [-0.1, -0.05) is 6.08 Å². The molecule has 0 spiro atoms. The Morgan fingerprint density at radius 3 is 3.07 bits per heavy atom. The number of nitrogens with one attached hydrogen (secondary N) is 1. The first-order valence-electron chi connectivity index (χ1n) is 4.82. The third-order valence-corrected chi connectivity index (χ3v) is 2.15. The SMILES string of the molecule is C=CCCCN(C)C(=O)c1cn[nH]c1N. The molecule has 0 aliphatic heterocycles. The van der Waals surface area contributed by atoms with Gasteiger partial charge in [0.15, 0.2) is 0 Å². The summed E-state index contributed by atoms with van der Waals surface area (Å²) in [6.45, 7) is 4.32. The summed E-state index contributed by atoms with van der Waals surface area (Å²) in [7, 11) is 1.75. The van der Waals surface area contributed by atoms with Gasteiger partial charge in [-0.05, 0) is 12.8 Å². The molecule has 1 aromatic rings. The fourth-order valence-electron chi connectivity index (χ4n) is 1.25. The van der Waals surface area contributed by atoms with Gasteiger partial charge in [-0.15, -0.1) is 6.58 Å². The Morgan fingerprint density at radius 1 is 1.80 bits per heavy atom. The summed E-state index contributed by atoms with van der Waals surface area (Å²) in [6, 6.07) is 0. The summed E-state index contributed by atoms with van der Waals surface area (Å²) < 4.78 is 0. The van der Waals surface area contributed by atoms with Crippen molar-refractivity contribution in [1.82, 2.24) is 15.1 Å². The molecule has 1 rings (SSSR count). The van der Waals surface area contributed by atoms with Crippen molar-refractivity contribution in [2.75, 3.05) is 19.3 Å². The van der Waals surface area contributed by atoms with Crippen LogP contribution in [0, 0.1) is 0 Å². The molecule has 1 heterocycles. The van der Waals surface area contributed by atoms with E-state index in [2.05, 4.69) is 16.8 Å². The van der Waals surface area contributed by atoms with Crippen molar-refractivity contribution in [2.24, 2.45) is 0 Å². The average molecular weight is 208 g/mol. The van der Waals surface area contributed by atoms with Crippen molar-refractivity contribution >= 4 is 11.7 Å². The molecule has 3 N–H and O–H groups in total. The molecular formula is C10H16N4O. The number of allylic oxidation sites excluding steroid dienone is 1. The Morgan fingerprint density at radius 2 is 2.53 bits per heavy atom. The normalized spacial score (nSPS) is 9.93. The molecule has 15 heavy (non-hydrogen) atoms. The Balaban J connectivity index is 2.53. The Labute approximate surface area is 89.0 Å². The van der Waals surface area contributed by atoms with E-state index >= 15 is 0 Å². The van der Waals surface area contributed by atoms with E-state index in [1.165, 1.54) is 6.20 Å². The highest BCUT2D eigenvalue weighted by atomic mass is 16.2. The summed E-state index contributed by atoms with van der Waals surface area (Å²) in [4.78, 5) is 13.4. The molecule has 82 valence electrons. The molecular weight excluding hydrogens is 192 g/mol. The van der Waals surface area contributed by atoms with Gasteiger partial charge in [-0.2, -0.15) is 5.10 Å². The van der Waals surface area contributed by atoms with Crippen LogP contribution >= 0.6 is 0 Å². The van der Waals surface area contributed by atoms with Gasteiger partial charge in [0.2, 0.25) is 0 Å². The van der Waals surface area contributed by atoms with Crippen LogP contribution in [-0.4, -0.2) is 34.6 Å². The van der Waals surface area contributed by atoms with Crippen LogP contribution in [0.25, 0.3) is 0 Å². The number of H-pyrrole nitrogens is 1. The van der Waals surface area contributed by atoms with Gasteiger partial charge in [0.25, 0.3) is 5.91 Å². The minimum absolute atomic E-state index is 0.106. The largest absolute Gasteiger partial charge is 0.383 e. The first kappa shape index (κ1) is 11.3. The van der Waals surface area contributed by atoms with Gasteiger partial charge >= 0.3 is 0 Å². The van der Waals surface area contributed by atoms with Gasteiger partial charge in [0, 0.05) is 13.6 Å². The minimum Gasteiger partial charge on any atom is -0.383 e. The fourth-order valence-corrected chi connectivity index (χ4v) is 1.25. The van der Waals surface area contributed by atoms with Crippen LogP contribution in [0.15, 0.2) is 18.9 Å². The van der Waals surface area contributed by atoms with E-state index in [0.717, 1.165) is 12.8 Å². The first-order valence-corrected chi connectivity index (χ1v) is 4.82. The van der Waals surface area contributed by atoms with Crippen LogP contribution in [-0.2, 0) is 0 Å². The maximum atomic E-state index is 11.8. The highest BCUT2D eigenvalue weighted by Gasteiger charge is 2.15. The van der Waals surface area contributed by atoms with E-state index < -0.39 is 0 Å². The number of nitrogens with two attached hydrogens (primary N) is 1. The molecule has 1 aromatic heterocycles. The van der Waals surface area contributed by atoms with Crippen molar-refractivity contribution < 1.29 is 4.79 Å². The Hall–Kier alpha value is -1.78. The van der Waals surface area contributed by atoms with Crippen molar-refractivity contribution in [1.29, 1.82) is 0 Å². The number of hydrogen-bond donors (Lipinski definition) is 2. The van der Waals surface area contributed by atoms with Crippen LogP contribution < -0.4 is 5.73 Å². The number of carbonyl (C=O) groups excluding carboxylic acids is 1. The number of amides is 1. The van der Waals surface area contributed by atoms with Gasteiger partial charge in [0.05, 0.1) is 6.20 Å². The van der Waals surface area contributed by atoms with Crippen LogP contribution in [0.2, 0.25) is 0 Å². The van der Waals surface area contributed by atoms with E-state index in [1.807, 2.05) is 6.08 Å². The predicted octanol–water partition coefficient (Wildman–Crippen LogP) is 1.03. The highest BCUT2D eigenvalue weighted by molar-refractivity contribution is 5.97. The number of rotatable bonds is 5. The number of hydrogen-bond acceptors (Lipinski definition) is 3. The second kappa shape index (κ2) is 5.19. The van der Waals surface area contributed by atoms with Crippen molar-refractivity contribution in [3.8, 4) is 0 Å². The minimum atomic E-state index is -0.106. The molecule has 0 aromatic carbocycles. The third-order valence-electron chi connectivity index (χ3n) is 2.15. The smallest absolute Gasteiger partial charge is 0.258 e. The fraction of sp³-hybridized carbons (Fsp3) is 0.400. The van der Waals surface area contributed by atoms with Crippen molar-refractivity contribution in [3.05, 3.63) is 24.4 Å². The Bertz CT molecular complexity index is 345. The van der Waals surface area contributed by atoms with Gasteiger partial charge in [-0.3, -0.25) is 9.89 Å². The number of unbranched alkanes of at least 4 members (excludes halogenated alkanes) is 1. The molecule has 5 heteroatoms. The maximum absolute atomic E-state index is 11.8. The molecule has 0 bridgehead atoms. The lowest BCUT2D eigenvalue weighted by molar-refractivity contribution is 0.0795. The zero-order chi connectivity index (χ0) is 11.3. The number of nitrogen functional groups attached to an aromatic ring is 1. The van der Waals surface area contributed by atoms with Gasteiger partial charge < -0.3 is 10.6 Å². The maximum Gasteiger partial charge on any atom is 0.258 e. The summed E-state index contributed by atoms with van der Waals surface area (Å²) in [5.41, 5.74) is 5.98. The molecule has 0 unspecified atom stereocenters. The zero-order valence-electron chi connectivity index (χ0n) is 8.86. The summed E-state index contributed by atoms with van der Waals surface area (Å²) in [5.74, 6) is 0.209. The van der Waals surface area contributed by atoms with E-state index in [-0.39, 0.29) is 5.91 Å². The van der Waals surface area contributed by atoms with Gasteiger partial charge in [0.1, 0.15) is 11.4 Å². The van der Waals surface area contributed by atoms with Crippen LogP contribution in [0.4, 0.5) is 5.82 Å². The monoisotopic (exact) mass is 208 g/mol. The second-order valence-electron chi connectivity index (χ2n) is 3.35. The lowest BCUT2D eigenvalue weighted by Crippen LogP contribution is -2.28. The average Bonchev–Trinajstić information content (AvgIpc) is 2.63. The molecule has 0 radical (unpaired) electrons. The molecule has 0 aliphatic carbocycles. The molecule has 0 atom stereocenters. The van der Waals surface area contributed by atoms with E-state index in [0.29, 0.717) is 17.9 Å². The first-order chi connectivity index (χ1) is 7.16. The molecule has 0 saturated carbocycles. The number of aromatic amines is 1. The molecule has 0 saturated heterocycles. The second-order valence-corrected chi connectivity index (χ2v) is 3.35. The molecule has 5 nitrogen and oxygen atoms in total. The lowest BCUT2D eigenvalue weighted by atomic mass is 10.2. The number of anilines is 1. The summed E-state index contributed by atoms with van der Waals surface area (Å²) >= 11 is 0. The Kier molecular flexibility index (Phi) is 3.91. The third kappa shape index (κ3) is 2.83. The van der Waals surface area contributed by atoms with E-state index in [9.17, 15) is 4.79 Å². The van der Waals surface area contributed by atoms with E-state index in [1.54, 1.807) is 11.9 Å². The number of aromatic nitrogens is 2. The van der Waals surface area contributed by atoms with Gasteiger partial charge in [-0.25, -0.2) is 0 Å².